The minimum Gasteiger partial charge on any atom is -0.0870 e. The molecule has 0 radical (unpaired) electrons. The average molecular weight is 276 g/mol. The Bertz CT molecular complexity index is 257. The van der Waals surface area contributed by atoms with Crippen molar-refractivity contribution in [3.8, 4) is 0 Å². The van der Waals surface area contributed by atoms with Gasteiger partial charge in [-0.15, -0.1) is 0 Å². The lowest BCUT2D eigenvalue weighted by atomic mass is 10.2. The predicted octanol–water partition coefficient (Wildman–Crippen LogP) is 4.24. The molecule has 0 saturated carbocycles. The molecule has 0 heterocycles. The van der Waals surface area contributed by atoms with E-state index in [1.54, 1.807) is 0 Å². The summed E-state index contributed by atoms with van der Waals surface area (Å²) in [6, 6.07) is 6.06. The van der Waals surface area contributed by atoms with Crippen LogP contribution in [0.1, 0.15) is 12.5 Å². The molecular weight excluding hydrogens is 268 g/mol. The van der Waals surface area contributed by atoms with E-state index in [0.29, 0.717) is 0 Å². The Balaban J connectivity index is 3.20. The first-order valence-electron chi connectivity index (χ1n) is 3.32. The molecule has 0 aromatic heterocycles. The Labute approximate surface area is 83.6 Å². The SMILES string of the molecule is CC=Cc1c(Br)cccc1Br. The van der Waals surface area contributed by atoms with Crippen molar-refractivity contribution in [1.29, 1.82) is 0 Å². The van der Waals surface area contributed by atoms with Gasteiger partial charge in [-0.3, -0.25) is 0 Å². The summed E-state index contributed by atoms with van der Waals surface area (Å²) in [5.41, 5.74) is 1.19. The van der Waals surface area contributed by atoms with E-state index in [2.05, 4.69) is 37.9 Å². The third-order valence-corrected chi connectivity index (χ3v) is 2.72. The van der Waals surface area contributed by atoms with E-state index in [-0.39, 0.29) is 0 Å². The fraction of sp³-hybridized carbons (Fsp3) is 0.111. The molecule has 0 fully saturated rings. The van der Waals surface area contributed by atoms with Crippen LogP contribution in [0, 0.1) is 0 Å². The molecule has 0 bridgehead atoms. The number of allylic oxidation sites excluding steroid dienone is 1. The van der Waals surface area contributed by atoms with Crippen molar-refractivity contribution in [3.63, 3.8) is 0 Å². The molecule has 1 aromatic rings. The van der Waals surface area contributed by atoms with Gasteiger partial charge in [0.1, 0.15) is 0 Å². The lowest BCUT2D eigenvalue weighted by molar-refractivity contribution is 1.54. The largest absolute Gasteiger partial charge is 0.0870 e. The van der Waals surface area contributed by atoms with Gasteiger partial charge in [0.2, 0.25) is 0 Å². The molecule has 0 spiro atoms. The maximum atomic E-state index is 3.47. The van der Waals surface area contributed by atoms with E-state index in [1.165, 1.54) is 5.56 Å². The van der Waals surface area contributed by atoms with Crippen LogP contribution >= 0.6 is 31.9 Å². The molecular formula is C9H8Br2. The molecule has 11 heavy (non-hydrogen) atoms. The van der Waals surface area contributed by atoms with E-state index >= 15 is 0 Å². The number of hydrogen-bond acceptors (Lipinski definition) is 0. The van der Waals surface area contributed by atoms with Crippen molar-refractivity contribution in [2.75, 3.05) is 0 Å². The van der Waals surface area contributed by atoms with Gasteiger partial charge in [0.25, 0.3) is 0 Å². The molecule has 1 aromatic carbocycles. The summed E-state index contributed by atoms with van der Waals surface area (Å²) >= 11 is 6.93. The van der Waals surface area contributed by atoms with Gasteiger partial charge in [-0.1, -0.05) is 50.1 Å². The van der Waals surface area contributed by atoms with Crippen LogP contribution in [0.5, 0.6) is 0 Å². The van der Waals surface area contributed by atoms with E-state index < -0.39 is 0 Å². The normalized spacial score (nSPS) is 10.8. The quantitative estimate of drug-likeness (QED) is 0.719. The molecule has 0 aliphatic rings. The lowest BCUT2D eigenvalue weighted by Gasteiger charge is -1.99. The fourth-order valence-electron chi connectivity index (χ4n) is 0.837. The lowest BCUT2D eigenvalue weighted by Crippen LogP contribution is -1.76. The minimum absolute atomic E-state index is 1.12. The summed E-state index contributed by atoms with van der Waals surface area (Å²) in [6.07, 6.45) is 4.08. The van der Waals surface area contributed by atoms with Crippen molar-refractivity contribution >= 4 is 37.9 Å². The molecule has 0 aliphatic carbocycles. The summed E-state index contributed by atoms with van der Waals surface area (Å²) in [5, 5.41) is 0. The van der Waals surface area contributed by atoms with Gasteiger partial charge in [-0.05, 0) is 19.1 Å². The van der Waals surface area contributed by atoms with Gasteiger partial charge >= 0.3 is 0 Å². The first kappa shape index (κ1) is 9.01. The highest BCUT2D eigenvalue weighted by molar-refractivity contribution is 9.11. The van der Waals surface area contributed by atoms with Gasteiger partial charge in [0.15, 0.2) is 0 Å². The maximum absolute atomic E-state index is 3.47. The third-order valence-electron chi connectivity index (χ3n) is 1.33. The van der Waals surface area contributed by atoms with Gasteiger partial charge < -0.3 is 0 Å². The average Bonchev–Trinajstić information content (AvgIpc) is 1.97. The highest BCUT2D eigenvalue weighted by atomic mass is 79.9. The molecule has 2 heteroatoms. The Morgan fingerprint density at radius 3 is 2.18 bits per heavy atom. The second-order valence-corrected chi connectivity index (χ2v) is 3.84. The zero-order chi connectivity index (χ0) is 8.27. The first-order valence-corrected chi connectivity index (χ1v) is 4.91. The summed E-state index contributed by atoms with van der Waals surface area (Å²) in [7, 11) is 0. The summed E-state index contributed by atoms with van der Waals surface area (Å²) in [5.74, 6) is 0. The van der Waals surface area contributed by atoms with Crippen molar-refractivity contribution in [3.05, 3.63) is 38.8 Å². The van der Waals surface area contributed by atoms with Crippen LogP contribution < -0.4 is 0 Å². The molecule has 0 atom stereocenters. The van der Waals surface area contributed by atoms with Crippen LogP contribution in [-0.4, -0.2) is 0 Å². The molecule has 0 nitrogen and oxygen atoms in total. The van der Waals surface area contributed by atoms with Crippen molar-refractivity contribution < 1.29 is 0 Å². The monoisotopic (exact) mass is 274 g/mol. The molecule has 0 amide bonds. The minimum atomic E-state index is 1.12. The highest BCUT2D eigenvalue weighted by Crippen LogP contribution is 2.25. The zero-order valence-electron chi connectivity index (χ0n) is 6.14. The van der Waals surface area contributed by atoms with Crippen LogP contribution in [0.4, 0.5) is 0 Å². The van der Waals surface area contributed by atoms with Gasteiger partial charge in [-0.2, -0.15) is 0 Å². The van der Waals surface area contributed by atoms with E-state index in [4.69, 9.17) is 0 Å². The van der Waals surface area contributed by atoms with Gasteiger partial charge in [-0.25, -0.2) is 0 Å². The topological polar surface area (TPSA) is 0 Å². The smallest absolute Gasteiger partial charge is 0.0258 e. The van der Waals surface area contributed by atoms with Crippen LogP contribution in [0.15, 0.2) is 33.2 Å². The molecule has 0 N–H and O–H groups in total. The Morgan fingerprint density at radius 2 is 1.73 bits per heavy atom. The van der Waals surface area contributed by atoms with Crippen LogP contribution in [0.25, 0.3) is 6.08 Å². The number of halogens is 2. The summed E-state index contributed by atoms with van der Waals surface area (Å²) in [4.78, 5) is 0. The third kappa shape index (κ3) is 2.17. The molecule has 0 unspecified atom stereocenters. The molecule has 0 saturated heterocycles. The number of hydrogen-bond donors (Lipinski definition) is 0. The van der Waals surface area contributed by atoms with Gasteiger partial charge in [0, 0.05) is 14.5 Å². The second-order valence-electron chi connectivity index (χ2n) is 2.14. The Morgan fingerprint density at radius 1 is 1.18 bits per heavy atom. The Kier molecular flexibility index (Phi) is 3.34. The van der Waals surface area contributed by atoms with Crippen LogP contribution in [0.2, 0.25) is 0 Å². The molecule has 58 valence electrons. The van der Waals surface area contributed by atoms with E-state index in [1.807, 2.05) is 31.2 Å². The van der Waals surface area contributed by atoms with E-state index in [0.717, 1.165) is 8.95 Å². The van der Waals surface area contributed by atoms with Gasteiger partial charge in [0.05, 0.1) is 0 Å². The van der Waals surface area contributed by atoms with Crippen molar-refractivity contribution in [1.82, 2.24) is 0 Å². The second kappa shape index (κ2) is 4.07. The number of benzene rings is 1. The zero-order valence-corrected chi connectivity index (χ0v) is 9.31. The maximum Gasteiger partial charge on any atom is 0.0258 e. The summed E-state index contributed by atoms with van der Waals surface area (Å²) in [6.45, 7) is 2.01. The van der Waals surface area contributed by atoms with Crippen molar-refractivity contribution in [2.45, 2.75) is 6.92 Å². The predicted molar refractivity (Wildman–Crippen MR) is 56.6 cm³/mol. The molecule has 1 rings (SSSR count). The van der Waals surface area contributed by atoms with Crippen LogP contribution in [0.3, 0.4) is 0 Å². The van der Waals surface area contributed by atoms with Crippen LogP contribution in [-0.2, 0) is 0 Å². The van der Waals surface area contributed by atoms with Crippen molar-refractivity contribution in [2.24, 2.45) is 0 Å². The fourth-order valence-corrected chi connectivity index (χ4v) is 2.10. The number of rotatable bonds is 1. The Hall–Kier alpha value is -0.0800. The van der Waals surface area contributed by atoms with E-state index in [9.17, 15) is 0 Å². The standard InChI is InChI=1S/C9H8Br2/c1-2-4-7-8(10)5-3-6-9(7)11/h2-6H,1H3. The summed E-state index contributed by atoms with van der Waals surface area (Å²) < 4.78 is 2.23. The highest BCUT2D eigenvalue weighted by Gasteiger charge is 1.98. The first-order chi connectivity index (χ1) is 5.25. The molecule has 0 aliphatic heterocycles.